The first-order valence-corrected chi connectivity index (χ1v) is 46.2. The number of aromatic amines is 6. The van der Waals surface area contributed by atoms with Crippen molar-refractivity contribution in [2.45, 2.75) is 128 Å². The molecule has 19 heterocycles. The zero-order chi connectivity index (χ0) is 96.4. The monoisotopic (exact) mass is 2040 g/mol. The maximum Gasteiger partial charge on any atom is 0.278 e. The lowest BCUT2D eigenvalue weighted by Crippen LogP contribution is -2.33. The molecule has 0 bridgehead atoms. The summed E-state index contributed by atoms with van der Waals surface area (Å²) in [6.45, 7) is -0.655. The fourth-order valence-electron chi connectivity index (χ4n) is 16.2. The summed E-state index contributed by atoms with van der Waals surface area (Å²) in [5.74, 6) is 7.18. The first-order chi connectivity index (χ1) is 69.6. The normalized spacial score (nSPS) is 17.2. The lowest BCUT2D eigenvalue weighted by molar-refractivity contribution is -0.0511. The molecule has 17 aromatic heterocycles. The Morgan fingerprint density at radius 3 is 1.17 bits per heavy atom. The number of halogens is 2. The molecule has 3 saturated carbocycles. The number of anilines is 13. The van der Waals surface area contributed by atoms with E-state index < -0.39 is 49.6 Å². The number of pyridine rings is 5. The summed E-state index contributed by atoms with van der Waals surface area (Å²) in [6, 6.07) is 50.7. The van der Waals surface area contributed by atoms with Gasteiger partial charge in [0.25, 0.3) is 11.1 Å². The van der Waals surface area contributed by atoms with Crippen LogP contribution in [0.1, 0.15) is 79.7 Å². The van der Waals surface area contributed by atoms with Gasteiger partial charge in [0.1, 0.15) is 70.8 Å². The second-order valence-corrected chi connectivity index (χ2v) is 34.6. The number of aromatic nitrogens is 29. The maximum atomic E-state index is 11.9. The number of benzene rings is 5. The van der Waals surface area contributed by atoms with Crippen LogP contribution in [0.25, 0.3) is 121 Å². The molecule has 0 radical (unpaired) electrons. The molecule has 7 atom stereocenters. The third kappa shape index (κ3) is 21.0. The Morgan fingerprint density at radius 2 is 0.738 bits per heavy atom. The Hall–Kier alpha value is -17.1. The molecule has 3 aliphatic carbocycles. The molecule has 5 aromatic carbocycles. The van der Waals surface area contributed by atoms with E-state index in [-0.39, 0.29) is 40.0 Å². The number of fused-ring (bicyclic) bond motifs is 11. The van der Waals surface area contributed by atoms with Crippen LogP contribution in [-0.4, -0.2) is 231 Å². The van der Waals surface area contributed by atoms with Crippen molar-refractivity contribution in [1.82, 2.24) is 144 Å². The molecule has 7 unspecified atom stereocenters. The van der Waals surface area contributed by atoms with E-state index in [0.29, 0.717) is 161 Å². The quantitative estimate of drug-likeness (QED) is 0.0249. The van der Waals surface area contributed by atoms with E-state index in [0.717, 1.165) is 96.7 Å². The number of rotatable bonds is 20. The summed E-state index contributed by atoms with van der Waals surface area (Å²) in [5.41, 5.74) is 5.80. The highest BCUT2D eigenvalue weighted by Gasteiger charge is 2.45. The largest absolute Gasteiger partial charge is 0.394 e. The predicted molar refractivity (Wildman–Crippen MR) is 556 cm³/mol. The Kier molecular flexibility index (Phi) is 28.3. The van der Waals surface area contributed by atoms with Crippen LogP contribution in [0.2, 0.25) is 5.15 Å². The second-order valence-electron chi connectivity index (χ2n) is 33.5. The summed E-state index contributed by atoms with van der Waals surface area (Å²) >= 11 is 9.15. The smallest absolute Gasteiger partial charge is 0.278 e. The SMILES string of the molecule is C.C.C.Clc1nc(Nc2nccc3ccccc23)nc2nc[nH]c12.O=c1[nH]c(Br)nc2nc[nH]c12.O=c1[nH]c(Nc2nccc3ccccc23)nc2nc[nH]c12.OCC1OC(n2cnc3c(NC4CC4)nc(Nc4nccc5ccccc45)nc32)C(O)C1O.OCC1OC(n2cnc3c(NC4CC4)nc(Nc4nccc5ccccc45)nc32)CC1O.c1ccc2c(Nc3nc(NC4CC4)c4[nH]cnc4n3)nccc2c1. The number of ether oxygens (including phenoxy) is 2. The van der Waals surface area contributed by atoms with E-state index in [4.69, 9.17) is 26.1 Å². The Bertz CT molecular complexity index is 8520. The fraction of sp³-hybridized carbons (Fsp3) is 0.227. The summed E-state index contributed by atoms with van der Waals surface area (Å²) in [5, 5.41) is 86.4. The van der Waals surface area contributed by atoms with Gasteiger partial charge < -0.3 is 97.5 Å². The van der Waals surface area contributed by atoms with Crippen molar-refractivity contribution in [3.8, 4) is 0 Å². The number of hydrogen-bond donors (Lipinski definition) is 19. The van der Waals surface area contributed by atoms with Gasteiger partial charge in [-0.2, -0.15) is 44.9 Å². The Balaban J connectivity index is 0.000000112. The molecule has 46 nitrogen and oxygen atoms in total. The van der Waals surface area contributed by atoms with Crippen LogP contribution < -0.4 is 53.7 Å². The van der Waals surface area contributed by atoms with Gasteiger partial charge in [-0.05, 0) is 112 Å². The van der Waals surface area contributed by atoms with Crippen LogP contribution >= 0.6 is 27.5 Å². The standard InChI is InChI=1S/C22H23N7O4.C22H23N7O3.C17H15N7.C14H9ClN6.C14H10N6O.C5H3BrN4O.3CH4/c30-9-14-16(31)17(32)21(33-14)29-10-24-15-19(25-12-5-6-12)27-22(28-20(15)29)26-18-13-4-2-1-3-11(13)7-8-23-18;30-10-16-15(31)9-17(32-16)29-11-24-18-20(25-13-5-6-13)27-22(28-21(18)29)26-19-14-4-2-1-3-12(14)7-8-23-19;1-2-4-12-10(3-1)7-8-18-14(12)22-17-23-15-13(19-9-20-15)16(24-17)21-11-5-6-11;15-11-10-13(18-7-17-10)21-14(19-11)20-12-9-4-2-1-3-8(9)5-6-16-12;21-13-10-12(17-7-16-10)19-14(20-13)18-11-9-4-2-1-3-8(9)5-6-15-11;6-5-9-3-2(4(11)10-5)7-1-8-3;;;/h1-4,7-8,10,12,14,16-17,21,30-32H,5-6,9H2,(H2,23,25,26,27,28);1-4,7-8,11,13,15-17,30-31H,5-6,9-10H2,(H2,23,25,26,27,28);1-4,7-9,11H,5-6H2,(H3,18,19,20,21,22,23,24);1-7H,(H2,16,17,18,19,20,21);1-7H,(H3,15,16,17,18,19,20,21);1H,(H2,7,8,9,10,11);3*1H4. The molecule has 27 rings (SSSR count). The van der Waals surface area contributed by atoms with Gasteiger partial charge in [-0.1, -0.05) is 155 Å². The van der Waals surface area contributed by atoms with Crippen LogP contribution in [0.15, 0.2) is 235 Å². The number of nitrogens with one attached hydrogen (secondary N) is 14. The number of nitrogens with zero attached hydrogens (tertiary/aromatic N) is 23. The van der Waals surface area contributed by atoms with E-state index in [1.165, 1.54) is 38.2 Å². The van der Waals surface area contributed by atoms with Gasteiger partial charge in [0.05, 0.1) is 57.3 Å². The van der Waals surface area contributed by atoms with E-state index >= 15 is 0 Å². The van der Waals surface area contributed by atoms with Gasteiger partial charge in [0.15, 0.2) is 89.5 Å². The predicted octanol–water partition coefficient (Wildman–Crippen LogP) is 14.4. The summed E-state index contributed by atoms with van der Waals surface area (Å²) < 4.78 is 15.3. The van der Waals surface area contributed by atoms with Crippen molar-refractivity contribution >= 4 is 225 Å². The fourth-order valence-corrected chi connectivity index (χ4v) is 16.7. The Morgan fingerprint density at radius 1 is 0.372 bits per heavy atom. The number of aliphatic hydroxyl groups excluding tert-OH is 5. The van der Waals surface area contributed by atoms with Gasteiger partial charge >= 0.3 is 0 Å². The minimum atomic E-state index is -1.24. The topological polar surface area (TPSA) is 625 Å². The van der Waals surface area contributed by atoms with Gasteiger partial charge in [-0.25, -0.2) is 59.8 Å². The molecule has 19 N–H and O–H groups in total. The van der Waals surface area contributed by atoms with E-state index in [1.807, 2.05) is 146 Å². The lowest BCUT2D eigenvalue weighted by atomic mass is 10.1. The average molecular weight is 2040 g/mol. The molecule has 2 aliphatic heterocycles. The highest BCUT2D eigenvalue weighted by Crippen LogP contribution is 2.40. The molecular weight excluding hydrogens is 1940 g/mol. The molecule has 736 valence electrons. The molecule has 5 fully saturated rings. The maximum absolute atomic E-state index is 11.9. The molecule has 145 heavy (non-hydrogen) atoms. The highest BCUT2D eigenvalue weighted by molar-refractivity contribution is 9.10. The molecule has 22 aromatic rings. The molecule has 2 saturated heterocycles. The summed E-state index contributed by atoms with van der Waals surface area (Å²) in [4.78, 5) is 131. The van der Waals surface area contributed by atoms with Crippen LogP contribution in [0, 0.1) is 0 Å². The average Bonchev–Trinajstić information content (AvgIpc) is 1.61. The minimum Gasteiger partial charge on any atom is -0.394 e. The van der Waals surface area contributed by atoms with Crippen LogP contribution in [0.3, 0.4) is 0 Å². The second kappa shape index (κ2) is 42.4. The van der Waals surface area contributed by atoms with Crippen LogP contribution in [-0.2, 0) is 9.47 Å². The lowest BCUT2D eigenvalue weighted by Gasteiger charge is -2.17. The van der Waals surface area contributed by atoms with Gasteiger partial charge in [0.2, 0.25) is 29.7 Å². The molecule has 0 amide bonds. The van der Waals surface area contributed by atoms with Crippen LogP contribution in [0.5, 0.6) is 0 Å². The van der Waals surface area contributed by atoms with Gasteiger partial charge in [0, 0.05) is 82.5 Å². The van der Waals surface area contributed by atoms with Gasteiger partial charge in [-0.3, -0.25) is 28.7 Å². The third-order valence-corrected chi connectivity index (χ3v) is 24.3. The first-order valence-electron chi connectivity index (χ1n) is 45.1. The van der Waals surface area contributed by atoms with E-state index in [1.54, 1.807) is 52.8 Å². The van der Waals surface area contributed by atoms with Crippen molar-refractivity contribution in [3.63, 3.8) is 0 Å². The minimum absolute atomic E-state index is 0. The zero-order valence-electron chi connectivity index (χ0n) is 74.3. The molecule has 5 aliphatic rings. The number of H-pyrrole nitrogens is 6. The van der Waals surface area contributed by atoms with Gasteiger partial charge in [-0.15, -0.1) is 0 Å². The zero-order valence-corrected chi connectivity index (χ0v) is 76.7. The highest BCUT2D eigenvalue weighted by atomic mass is 79.9. The molecule has 0 spiro atoms. The van der Waals surface area contributed by atoms with Crippen molar-refractivity contribution in [1.29, 1.82) is 0 Å². The summed E-state index contributed by atoms with van der Waals surface area (Å²) in [6.07, 6.45) is 18.7. The van der Waals surface area contributed by atoms with Crippen LogP contribution in [0.4, 0.5) is 76.3 Å². The van der Waals surface area contributed by atoms with Crippen molar-refractivity contribution < 1.29 is 35.0 Å². The van der Waals surface area contributed by atoms with Crippen molar-refractivity contribution in [2.75, 3.05) is 55.7 Å². The third-order valence-electron chi connectivity index (χ3n) is 23.7. The molecular formula is C97H95BrClN37O9. The first kappa shape index (κ1) is 96.8. The number of aliphatic hydroxyl groups is 5. The van der Waals surface area contributed by atoms with Crippen molar-refractivity contribution in [3.05, 3.63) is 251 Å². The number of hydrogen-bond acceptors (Lipinski definition) is 38. The van der Waals surface area contributed by atoms with Crippen molar-refractivity contribution in [2.24, 2.45) is 0 Å². The number of imidazole rings is 6. The Labute approximate surface area is 833 Å². The van der Waals surface area contributed by atoms with E-state index in [2.05, 4.69) is 194 Å². The molecule has 48 heteroatoms. The summed E-state index contributed by atoms with van der Waals surface area (Å²) in [7, 11) is 0. The van der Waals surface area contributed by atoms with E-state index in [9.17, 15) is 35.1 Å².